The van der Waals surface area contributed by atoms with Gasteiger partial charge in [0.05, 0.1) is 17.6 Å². The molecule has 0 atom stereocenters. The van der Waals surface area contributed by atoms with Crippen LogP contribution in [0.4, 0.5) is 0 Å². The molecule has 0 spiro atoms. The number of nitrogens with two attached hydrogens (primary N) is 1. The van der Waals surface area contributed by atoms with Crippen molar-refractivity contribution in [3.05, 3.63) is 30.0 Å². The Hall–Kier alpha value is -1.68. The quantitative estimate of drug-likeness (QED) is 0.910. The zero-order valence-electron chi connectivity index (χ0n) is 11.2. The Morgan fingerprint density at radius 2 is 2.16 bits per heavy atom. The number of fused-ring (bicyclic) bond motifs is 1. The third-order valence-corrected chi connectivity index (χ3v) is 4.10. The number of para-hydroxylation sites is 1. The molecule has 0 aliphatic heterocycles. The molecule has 4 heteroatoms. The lowest BCUT2D eigenvalue weighted by Gasteiger charge is -2.37. The minimum absolute atomic E-state index is 0.200. The van der Waals surface area contributed by atoms with E-state index in [1.54, 1.807) is 0 Å². The van der Waals surface area contributed by atoms with Crippen LogP contribution in [0.15, 0.2) is 24.3 Å². The van der Waals surface area contributed by atoms with E-state index in [0.717, 1.165) is 35.9 Å². The molecule has 1 aromatic carbocycles. The number of ketones is 1. The van der Waals surface area contributed by atoms with Gasteiger partial charge in [-0.3, -0.25) is 9.48 Å². The molecule has 1 aliphatic rings. The van der Waals surface area contributed by atoms with Gasteiger partial charge in [0.15, 0.2) is 0 Å². The smallest absolute Gasteiger partial charge is 0.140 e. The molecule has 0 bridgehead atoms. The molecule has 1 heterocycles. The Kier molecular flexibility index (Phi) is 2.90. The number of carbonyl (C=O) groups is 1. The zero-order valence-corrected chi connectivity index (χ0v) is 11.2. The number of carbonyl (C=O) groups excluding carboxylic acids is 1. The van der Waals surface area contributed by atoms with Gasteiger partial charge in [0.2, 0.25) is 0 Å². The summed E-state index contributed by atoms with van der Waals surface area (Å²) in [6, 6.07) is 8.01. The van der Waals surface area contributed by atoms with E-state index in [0.29, 0.717) is 12.8 Å². The van der Waals surface area contributed by atoms with Gasteiger partial charge >= 0.3 is 0 Å². The number of hydrogen-bond donors (Lipinski definition) is 1. The first-order chi connectivity index (χ1) is 9.07. The fourth-order valence-electron chi connectivity index (χ4n) is 2.87. The van der Waals surface area contributed by atoms with Crippen LogP contribution in [-0.4, -0.2) is 21.1 Å². The van der Waals surface area contributed by atoms with Gasteiger partial charge in [0, 0.05) is 24.4 Å². The van der Waals surface area contributed by atoms with Gasteiger partial charge in [0.25, 0.3) is 0 Å². The van der Waals surface area contributed by atoms with Crippen molar-refractivity contribution < 1.29 is 4.79 Å². The molecule has 2 N–H and O–H groups in total. The maximum absolute atomic E-state index is 12.1. The van der Waals surface area contributed by atoms with Gasteiger partial charge in [0.1, 0.15) is 5.78 Å². The summed E-state index contributed by atoms with van der Waals surface area (Å²) < 4.78 is 1.83. The molecule has 19 heavy (non-hydrogen) atoms. The van der Waals surface area contributed by atoms with Crippen LogP contribution in [0.3, 0.4) is 0 Å². The van der Waals surface area contributed by atoms with Crippen LogP contribution in [0.5, 0.6) is 0 Å². The SMILES string of the molecule is Cn1nc(CC(=O)CC2(N)CCC2)c2ccccc21. The van der Waals surface area contributed by atoms with Gasteiger partial charge < -0.3 is 5.73 Å². The minimum atomic E-state index is -0.234. The van der Waals surface area contributed by atoms with Crippen molar-refractivity contribution in [3.63, 3.8) is 0 Å². The van der Waals surface area contributed by atoms with Crippen LogP contribution in [0.1, 0.15) is 31.4 Å². The van der Waals surface area contributed by atoms with Gasteiger partial charge in [-0.25, -0.2) is 0 Å². The number of hydrogen-bond acceptors (Lipinski definition) is 3. The maximum atomic E-state index is 12.1. The van der Waals surface area contributed by atoms with Crippen molar-refractivity contribution in [2.24, 2.45) is 12.8 Å². The Bertz CT molecular complexity index is 625. The van der Waals surface area contributed by atoms with E-state index < -0.39 is 0 Å². The minimum Gasteiger partial charge on any atom is -0.325 e. The van der Waals surface area contributed by atoms with Crippen LogP contribution in [-0.2, 0) is 18.3 Å². The molecule has 0 saturated heterocycles. The lowest BCUT2D eigenvalue weighted by atomic mass is 9.74. The zero-order chi connectivity index (χ0) is 13.5. The van der Waals surface area contributed by atoms with E-state index in [1.165, 1.54) is 0 Å². The van der Waals surface area contributed by atoms with Crippen LogP contribution in [0, 0.1) is 0 Å². The second-order valence-corrected chi connectivity index (χ2v) is 5.70. The Morgan fingerprint density at radius 1 is 1.42 bits per heavy atom. The maximum Gasteiger partial charge on any atom is 0.140 e. The van der Waals surface area contributed by atoms with Crippen molar-refractivity contribution >= 4 is 16.7 Å². The van der Waals surface area contributed by atoms with Crippen LogP contribution >= 0.6 is 0 Å². The Labute approximate surface area is 112 Å². The highest BCUT2D eigenvalue weighted by Crippen LogP contribution is 2.32. The monoisotopic (exact) mass is 257 g/mol. The molecule has 0 unspecified atom stereocenters. The second kappa shape index (κ2) is 4.46. The highest BCUT2D eigenvalue weighted by Gasteiger charge is 2.34. The predicted octanol–water partition coefficient (Wildman–Crippen LogP) is 1.96. The third kappa shape index (κ3) is 2.28. The van der Waals surface area contributed by atoms with Gasteiger partial charge in [-0.15, -0.1) is 0 Å². The summed E-state index contributed by atoms with van der Waals surface area (Å²) in [5, 5.41) is 5.53. The molecule has 100 valence electrons. The van der Waals surface area contributed by atoms with Crippen LogP contribution < -0.4 is 5.73 Å². The molecule has 1 saturated carbocycles. The average Bonchev–Trinajstić information content (AvgIpc) is 2.65. The number of benzene rings is 1. The molecule has 0 radical (unpaired) electrons. The van der Waals surface area contributed by atoms with Gasteiger partial charge in [-0.2, -0.15) is 5.10 Å². The van der Waals surface area contributed by atoms with Gasteiger partial charge in [-0.05, 0) is 25.3 Å². The van der Waals surface area contributed by atoms with E-state index >= 15 is 0 Å². The molecule has 1 aliphatic carbocycles. The standard InChI is InChI=1S/C15H19N3O/c1-18-14-6-3-2-5-12(14)13(17-18)9-11(19)10-15(16)7-4-8-15/h2-3,5-6H,4,7-10,16H2,1H3. The average molecular weight is 257 g/mol. The largest absolute Gasteiger partial charge is 0.325 e. The first-order valence-corrected chi connectivity index (χ1v) is 6.79. The van der Waals surface area contributed by atoms with Crippen LogP contribution in [0.2, 0.25) is 0 Å². The first-order valence-electron chi connectivity index (χ1n) is 6.79. The lowest BCUT2D eigenvalue weighted by molar-refractivity contribution is -0.120. The molecule has 1 aromatic heterocycles. The van der Waals surface area contributed by atoms with Crippen molar-refractivity contribution in [1.82, 2.24) is 9.78 Å². The summed E-state index contributed by atoms with van der Waals surface area (Å²) in [4.78, 5) is 12.1. The van der Waals surface area contributed by atoms with Crippen molar-refractivity contribution in [3.8, 4) is 0 Å². The van der Waals surface area contributed by atoms with E-state index in [9.17, 15) is 4.79 Å². The van der Waals surface area contributed by atoms with E-state index in [4.69, 9.17) is 5.73 Å². The fourth-order valence-corrected chi connectivity index (χ4v) is 2.87. The van der Waals surface area contributed by atoms with E-state index in [1.807, 2.05) is 36.0 Å². The summed E-state index contributed by atoms with van der Waals surface area (Å²) in [5.74, 6) is 0.200. The molecule has 4 nitrogen and oxygen atoms in total. The van der Waals surface area contributed by atoms with Crippen LogP contribution in [0.25, 0.3) is 10.9 Å². The number of aryl methyl sites for hydroxylation is 1. The second-order valence-electron chi connectivity index (χ2n) is 5.70. The molecular formula is C15H19N3O. The summed E-state index contributed by atoms with van der Waals surface area (Å²) in [6.45, 7) is 0. The highest BCUT2D eigenvalue weighted by atomic mass is 16.1. The Balaban J connectivity index is 1.79. The Morgan fingerprint density at radius 3 is 2.84 bits per heavy atom. The molecular weight excluding hydrogens is 238 g/mol. The van der Waals surface area contributed by atoms with E-state index in [-0.39, 0.29) is 11.3 Å². The van der Waals surface area contributed by atoms with Crippen molar-refractivity contribution in [2.45, 2.75) is 37.6 Å². The molecule has 0 amide bonds. The highest BCUT2D eigenvalue weighted by molar-refractivity contribution is 5.89. The van der Waals surface area contributed by atoms with Crippen molar-refractivity contribution in [2.75, 3.05) is 0 Å². The topological polar surface area (TPSA) is 60.9 Å². The lowest BCUT2D eigenvalue weighted by Crippen LogP contribution is -2.48. The first kappa shape index (κ1) is 12.4. The summed E-state index contributed by atoms with van der Waals surface area (Å²) in [7, 11) is 1.91. The van der Waals surface area contributed by atoms with Gasteiger partial charge in [-0.1, -0.05) is 18.2 Å². The number of Topliss-reactive ketones (excluding diaryl/α,β-unsaturated/α-hetero) is 1. The predicted molar refractivity (Wildman–Crippen MR) is 74.8 cm³/mol. The number of rotatable bonds is 4. The van der Waals surface area contributed by atoms with Crippen molar-refractivity contribution in [1.29, 1.82) is 0 Å². The van der Waals surface area contributed by atoms with E-state index in [2.05, 4.69) is 5.10 Å². The third-order valence-electron chi connectivity index (χ3n) is 4.10. The number of aromatic nitrogens is 2. The molecule has 2 aromatic rings. The fraction of sp³-hybridized carbons (Fsp3) is 0.467. The summed E-state index contributed by atoms with van der Waals surface area (Å²) in [5.41, 5.74) is 7.83. The normalized spacial score (nSPS) is 17.4. The summed E-state index contributed by atoms with van der Waals surface area (Å²) >= 11 is 0. The summed E-state index contributed by atoms with van der Waals surface area (Å²) in [6.07, 6.45) is 3.97. The molecule has 1 fully saturated rings. The number of nitrogens with zero attached hydrogens (tertiary/aromatic N) is 2. The molecule has 3 rings (SSSR count).